The van der Waals surface area contributed by atoms with E-state index in [0.717, 1.165) is 10.3 Å². The summed E-state index contributed by atoms with van der Waals surface area (Å²) in [7, 11) is 0. The average molecular weight is 208 g/mol. The van der Waals surface area contributed by atoms with Gasteiger partial charge in [0.15, 0.2) is 0 Å². The molecule has 1 heterocycles. The number of fused-ring (bicyclic) bond motifs is 1. The monoisotopic (exact) mass is 208 g/mol. The van der Waals surface area contributed by atoms with Gasteiger partial charge in [-0.25, -0.2) is 0 Å². The lowest BCUT2D eigenvalue weighted by Gasteiger charge is -2.05. The standard InChI is InChI=1S/C9H8N2O2S/c1-5(9(12)13)6-3-2-4-7-8(6)10-11-14-7/h2-5H,1H3,(H,12,13). The second-order valence-electron chi connectivity index (χ2n) is 3.03. The van der Waals surface area contributed by atoms with Crippen LogP contribution in [0, 0.1) is 0 Å². The van der Waals surface area contributed by atoms with Gasteiger partial charge in [-0.3, -0.25) is 4.79 Å². The number of hydrogen-bond donors (Lipinski definition) is 1. The van der Waals surface area contributed by atoms with Crippen molar-refractivity contribution in [2.75, 3.05) is 0 Å². The first-order valence-electron chi connectivity index (χ1n) is 4.14. The summed E-state index contributed by atoms with van der Waals surface area (Å²) in [6.45, 7) is 1.65. The predicted octanol–water partition coefficient (Wildman–Crippen LogP) is 1.88. The van der Waals surface area contributed by atoms with Crippen molar-refractivity contribution in [1.82, 2.24) is 9.59 Å². The van der Waals surface area contributed by atoms with Crippen LogP contribution in [0.3, 0.4) is 0 Å². The van der Waals surface area contributed by atoms with Crippen molar-refractivity contribution in [3.63, 3.8) is 0 Å². The maximum absolute atomic E-state index is 10.8. The first kappa shape index (κ1) is 9.08. The van der Waals surface area contributed by atoms with Crippen LogP contribution in [0.4, 0.5) is 0 Å². The summed E-state index contributed by atoms with van der Waals surface area (Å²) in [6, 6.07) is 5.50. The Labute approximate surface area is 84.4 Å². The summed E-state index contributed by atoms with van der Waals surface area (Å²) in [4.78, 5) is 10.8. The molecule has 0 fully saturated rings. The molecule has 0 spiro atoms. The number of carboxylic acids is 1. The first-order chi connectivity index (χ1) is 6.70. The molecule has 0 radical (unpaired) electrons. The van der Waals surface area contributed by atoms with Crippen molar-refractivity contribution < 1.29 is 9.90 Å². The van der Waals surface area contributed by atoms with Crippen LogP contribution in [0.1, 0.15) is 18.4 Å². The van der Waals surface area contributed by atoms with Gasteiger partial charge in [0.05, 0.1) is 10.6 Å². The van der Waals surface area contributed by atoms with Gasteiger partial charge in [0, 0.05) is 0 Å². The Morgan fingerprint density at radius 2 is 2.36 bits per heavy atom. The summed E-state index contributed by atoms with van der Waals surface area (Å²) in [5, 5.41) is 12.8. The Kier molecular flexibility index (Phi) is 2.17. The molecular formula is C9H8N2O2S. The van der Waals surface area contributed by atoms with E-state index in [4.69, 9.17) is 5.11 Å². The molecule has 14 heavy (non-hydrogen) atoms. The van der Waals surface area contributed by atoms with Gasteiger partial charge >= 0.3 is 5.97 Å². The van der Waals surface area contributed by atoms with Crippen LogP contribution in [0.25, 0.3) is 10.2 Å². The maximum Gasteiger partial charge on any atom is 0.310 e. The number of carbonyl (C=O) groups is 1. The van der Waals surface area contributed by atoms with Gasteiger partial charge in [-0.1, -0.05) is 16.6 Å². The fraction of sp³-hybridized carbons (Fsp3) is 0.222. The number of benzene rings is 1. The lowest BCUT2D eigenvalue weighted by atomic mass is 10.0. The van der Waals surface area contributed by atoms with Gasteiger partial charge in [0.25, 0.3) is 0 Å². The molecule has 1 aromatic carbocycles. The maximum atomic E-state index is 10.8. The van der Waals surface area contributed by atoms with Crippen molar-refractivity contribution in [2.24, 2.45) is 0 Å². The third-order valence-corrected chi connectivity index (χ3v) is 2.84. The van der Waals surface area contributed by atoms with E-state index >= 15 is 0 Å². The Bertz CT molecular complexity index is 480. The van der Waals surface area contributed by atoms with Crippen molar-refractivity contribution in [2.45, 2.75) is 12.8 Å². The van der Waals surface area contributed by atoms with E-state index in [-0.39, 0.29) is 0 Å². The van der Waals surface area contributed by atoms with Gasteiger partial charge in [0.1, 0.15) is 5.52 Å². The van der Waals surface area contributed by atoms with Crippen molar-refractivity contribution in [1.29, 1.82) is 0 Å². The highest BCUT2D eigenvalue weighted by Gasteiger charge is 2.17. The van der Waals surface area contributed by atoms with Crippen LogP contribution in [-0.2, 0) is 4.79 Å². The molecular weight excluding hydrogens is 200 g/mol. The summed E-state index contributed by atoms with van der Waals surface area (Å²) in [6.07, 6.45) is 0. The highest BCUT2D eigenvalue weighted by Crippen LogP contribution is 2.25. The van der Waals surface area contributed by atoms with Crippen LogP contribution in [-0.4, -0.2) is 20.7 Å². The van der Waals surface area contributed by atoms with Crippen molar-refractivity contribution in [3.05, 3.63) is 23.8 Å². The molecule has 1 atom stereocenters. The van der Waals surface area contributed by atoms with E-state index in [1.54, 1.807) is 13.0 Å². The third kappa shape index (κ3) is 1.35. The van der Waals surface area contributed by atoms with Gasteiger partial charge in [0.2, 0.25) is 0 Å². The van der Waals surface area contributed by atoms with E-state index in [9.17, 15) is 4.79 Å². The molecule has 1 aromatic heterocycles. The van der Waals surface area contributed by atoms with Gasteiger partial charge in [-0.05, 0) is 30.1 Å². The Morgan fingerprint density at radius 3 is 3.07 bits per heavy atom. The van der Waals surface area contributed by atoms with Crippen molar-refractivity contribution in [3.8, 4) is 0 Å². The van der Waals surface area contributed by atoms with Gasteiger partial charge in [-0.2, -0.15) is 0 Å². The fourth-order valence-electron chi connectivity index (χ4n) is 1.31. The Balaban J connectivity index is 2.61. The molecule has 1 N–H and O–H groups in total. The second-order valence-corrected chi connectivity index (χ2v) is 3.81. The summed E-state index contributed by atoms with van der Waals surface area (Å²) >= 11 is 1.28. The zero-order valence-electron chi connectivity index (χ0n) is 7.47. The van der Waals surface area contributed by atoms with Crippen LogP contribution in [0.15, 0.2) is 18.2 Å². The predicted molar refractivity (Wildman–Crippen MR) is 53.5 cm³/mol. The zero-order valence-corrected chi connectivity index (χ0v) is 8.28. The van der Waals surface area contributed by atoms with E-state index in [0.29, 0.717) is 5.52 Å². The van der Waals surface area contributed by atoms with Crippen LogP contribution >= 0.6 is 11.5 Å². The number of nitrogens with zero attached hydrogens (tertiary/aromatic N) is 2. The molecule has 5 heteroatoms. The number of carboxylic acid groups (broad SMARTS) is 1. The highest BCUT2D eigenvalue weighted by atomic mass is 32.1. The Morgan fingerprint density at radius 1 is 1.57 bits per heavy atom. The molecule has 0 amide bonds. The third-order valence-electron chi connectivity index (χ3n) is 2.15. The largest absolute Gasteiger partial charge is 0.481 e. The summed E-state index contributed by atoms with van der Waals surface area (Å²) < 4.78 is 4.73. The molecule has 2 rings (SSSR count). The molecule has 1 unspecified atom stereocenters. The van der Waals surface area contributed by atoms with Crippen LogP contribution in [0.2, 0.25) is 0 Å². The van der Waals surface area contributed by atoms with Crippen LogP contribution < -0.4 is 0 Å². The van der Waals surface area contributed by atoms with E-state index < -0.39 is 11.9 Å². The zero-order chi connectivity index (χ0) is 10.1. The molecule has 0 aliphatic carbocycles. The quantitative estimate of drug-likeness (QED) is 0.818. The minimum atomic E-state index is -0.842. The SMILES string of the molecule is CC(C(=O)O)c1cccc2snnc12. The number of aliphatic carboxylic acids is 1. The molecule has 0 bridgehead atoms. The number of aromatic nitrogens is 2. The van der Waals surface area contributed by atoms with E-state index in [2.05, 4.69) is 9.59 Å². The van der Waals surface area contributed by atoms with Crippen molar-refractivity contribution >= 4 is 27.7 Å². The molecule has 4 nitrogen and oxygen atoms in total. The Hall–Kier alpha value is -1.49. The minimum absolute atomic E-state index is 0.539. The average Bonchev–Trinajstić information content (AvgIpc) is 2.63. The topological polar surface area (TPSA) is 63.1 Å². The highest BCUT2D eigenvalue weighted by molar-refractivity contribution is 7.12. The summed E-state index contributed by atoms with van der Waals surface area (Å²) in [5.41, 5.74) is 1.43. The molecule has 0 saturated carbocycles. The lowest BCUT2D eigenvalue weighted by Crippen LogP contribution is -2.07. The smallest absolute Gasteiger partial charge is 0.310 e. The van der Waals surface area contributed by atoms with Gasteiger partial charge < -0.3 is 5.11 Å². The molecule has 0 saturated heterocycles. The molecule has 0 aliphatic heterocycles. The number of hydrogen-bond acceptors (Lipinski definition) is 4. The van der Waals surface area contributed by atoms with Crippen LogP contribution in [0.5, 0.6) is 0 Å². The van der Waals surface area contributed by atoms with E-state index in [1.165, 1.54) is 11.5 Å². The first-order valence-corrected chi connectivity index (χ1v) is 4.91. The normalized spacial score (nSPS) is 12.9. The second kappa shape index (κ2) is 3.34. The minimum Gasteiger partial charge on any atom is -0.481 e. The van der Waals surface area contributed by atoms with E-state index in [1.807, 2.05) is 12.1 Å². The number of rotatable bonds is 2. The lowest BCUT2D eigenvalue weighted by molar-refractivity contribution is -0.138. The summed E-state index contributed by atoms with van der Waals surface area (Å²) in [5.74, 6) is -1.38. The fourth-order valence-corrected chi connectivity index (χ4v) is 1.90. The molecule has 0 aliphatic rings. The molecule has 2 aromatic rings. The molecule has 72 valence electrons. The van der Waals surface area contributed by atoms with Gasteiger partial charge in [-0.15, -0.1) is 5.10 Å².